The standard InChI is InChI=1S/C15H15N3O2S/c1-18(15(20)12-4-5-14(19)17-8-12)9-13-7-11(10-21-13)3-2-6-16/h4-5,7-8,10H,6,9,16H2,1H3,(H,17,19). The number of aromatic amines is 1. The summed E-state index contributed by atoms with van der Waals surface area (Å²) in [5, 5.41) is 1.94. The van der Waals surface area contributed by atoms with Gasteiger partial charge in [0.15, 0.2) is 0 Å². The van der Waals surface area contributed by atoms with Gasteiger partial charge < -0.3 is 15.6 Å². The van der Waals surface area contributed by atoms with Crippen LogP contribution in [0.15, 0.2) is 34.6 Å². The Kier molecular flexibility index (Phi) is 4.93. The molecule has 2 aromatic heterocycles. The molecular weight excluding hydrogens is 286 g/mol. The molecule has 6 heteroatoms. The van der Waals surface area contributed by atoms with Gasteiger partial charge in [-0.1, -0.05) is 11.8 Å². The number of thiophene rings is 1. The maximum absolute atomic E-state index is 12.2. The van der Waals surface area contributed by atoms with E-state index in [9.17, 15) is 9.59 Å². The van der Waals surface area contributed by atoms with Crippen LogP contribution in [-0.4, -0.2) is 29.4 Å². The van der Waals surface area contributed by atoms with E-state index in [1.165, 1.54) is 18.3 Å². The van der Waals surface area contributed by atoms with Gasteiger partial charge in [0.25, 0.3) is 5.91 Å². The highest BCUT2D eigenvalue weighted by Crippen LogP contribution is 2.16. The Morgan fingerprint density at radius 2 is 2.29 bits per heavy atom. The van der Waals surface area contributed by atoms with Crippen molar-refractivity contribution >= 4 is 17.2 Å². The maximum atomic E-state index is 12.2. The molecule has 0 bridgehead atoms. The molecule has 0 saturated heterocycles. The summed E-state index contributed by atoms with van der Waals surface area (Å²) in [5.74, 6) is 5.61. The van der Waals surface area contributed by atoms with Crippen molar-refractivity contribution in [2.75, 3.05) is 13.6 Å². The summed E-state index contributed by atoms with van der Waals surface area (Å²) in [6.07, 6.45) is 1.42. The molecular formula is C15H15N3O2S. The van der Waals surface area contributed by atoms with Gasteiger partial charge in [0.2, 0.25) is 5.56 Å². The average Bonchev–Trinajstić information content (AvgIpc) is 2.92. The molecule has 5 nitrogen and oxygen atoms in total. The van der Waals surface area contributed by atoms with Crippen molar-refractivity contribution in [2.45, 2.75) is 6.54 Å². The zero-order chi connectivity index (χ0) is 15.2. The lowest BCUT2D eigenvalue weighted by Crippen LogP contribution is -2.26. The Morgan fingerprint density at radius 1 is 1.48 bits per heavy atom. The van der Waals surface area contributed by atoms with E-state index in [-0.39, 0.29) is 11.5 Å². The lowest BCUT2D eigenvalue weighted by molar-refractivity contribution is 0.0786. The van der Waals surface area contributed by atoms with Gasteiger partial charge in [0, 0.05) is 35.1 Å². The number of hydrogen-bond donors (Lipinski definition) is 2. The number of rotatable bonds is 3. The van der Waals surface area contributed by atoms with Crippen LogP contribution in [0.5, 0.6) is 0 Å². The first-order chi connectivity index (χ1) is 10.1. The van der Waals surface area contributed by atoms with Gasteiger partial charge in [-0.25, -0.2) is 0 Å². The van der Waals surface area contributed by atoms with Gasteiger partial charge >= 0.3 is 0 Å². The largest absolute Gasteiger partial charge is 0.337 e. The molecule has 0 spiro atoms. The van der Waals surface area contributed by atoms with Crippen molar-refractivity contribution in [3.63, 3.8) is 0 Å². The highest BCUT2D eigenvalue weighted by atomic mass is 32.1. The third-order valence-corrected chi connectivity index (χ3v) is 3.68. The minimum Gasteiger partial charge on any atom is -0.337 e. The van der Waals surface area contributed by atoms with Crippen LogP contribution in [0.1, 0.15) is 20.8 Å². The van der Waals surface area contributed by atoms with E-state index in [0.717, 1.165) is 10.4 Å². The molecule has 0 aliphatic heterocycles. The van der Waals surface area contributed by atoms with Crippen molar-refractivity contribution in [2.24, 2.45) is 5.73 Å². The highest BCUT2D eigenvalue weighted by Gasteiger charge is 2.12. The average molecular weight is 301 g/mol. The number of H-pyrrole nitrogens is 1. The summed E-state index contributed by atoms with van der Waals surface area (Å²) < 4.78 is 0. The van der Waals surface area contributed by atoms with Crippen LogP contribution >= 0.6 is 11.3 Å². The number of pyridine rings is 1. The predicted molar refractivity (Wildman–Crippen MR) is 83.1 cm³/mol. The third kappa shape index (κ3) is 4.05. The molecule has 21 heavy (non-hydrogen) atoms. The number of carbonyl (C=O) groups excluding carboxylic acids is 1. The smallest absolute Gasteiger partial charge is 0.255 e. The molecule has 1 amide bonds. The molecule has 0 atom stereocenters. The highest BCUT2D eigenvalue weighted by molar-refractivity contribution is 7.10. The number of nitrogens with two attached hydrogens (primary N) is 1. The van der Waals surface area contributed by atoms with Crippen LogP contribution in [0.25, 0.3) is 0 Å². The second kappa shape index (κ2) is 6.88. The monoisotopic (exact) mass is 301 g/mol. The first-order valence-electron chi connectivity index (χ1n) is 6.30. The van der Waals surface area contributed by atoms with Gasteiger partial charge in [0.1, 0.15) is 0 Å². The van der Waals surface area contributed by atoms with E-state index in [2.05, 4.69) is 16.8 Å². The topological polar surface area (TPSA) is 79.2 Å². The van der Waals surface area contributed by atoms with E-state index < -0.39 is 0 Å². The predicted octanol–water partition coefficient (Wildman–Crippen LogP) is 1.02. The van der Waals surface area contributed by atoms with Crippen LogP contribution in [0.3, 0.4) is 0 Å². The van der Waals surface area contributed by atoms with Gasteiger partial charge in [-0.2, -0.15) is 0 Å². The number of amides is 1. The van der Waals surface area contributed by atoms with Crippen molar-refractivity contribution in [3.05, 3.63) is 56.1 Å². The lowest BCUT2D eigenvalue weighted by Gasteiger charge is -2.15. The molecule has 0 aromatic carbocycles. The minimum absolute atomic E-state index is 0.144. The fraction of sp³-hybridized carbons (Fsp3) is 0.200. The number of aromatic nitrogens is 1. The van der Waals surface area contributed by atoms with Crippen molar-refractivity contribution in [3.8, 4) is 11.8 Å². The summed E-state index contributed by atoms with van der Waals surface area (Å²) >= 11 is 1.55. The third-order valence-electron chi connectivity index (χ3n) is 2.76. The Morgan fingerprint density at radius 3 is 2.95 bits per heavy atom. The Hall–Kier alpha value is -2.36. The van der Waals surface area contributed by atoms with E-state index in [4.69, 9.17) is 5.73 Å². The van der Waals surface area contributed by atoms with Crippen LogP contribution in [0, 0.1) is 11.8 Å². The molecule has 108 valence electrons. The molecule has 2 heterocycles. The van der Waals surface area contributed by atoms with Crippen LogP contribution in [0.4, 0.5) is 0 Å². The van der Waals surface area contributed by atoms with Crippen molar-refractivity contribution < 1.29 is 4.79 Å². The summed E-state index contributed by atoms with van der Waals surface area (Å²) in [6, 6.07) is 4.81. The summed E-state index contributed by atoms with van der Waals surface area (Å²) in [6.45, 7) is 0.822. The summed E-state index contributed by atoms with van der Waals surface area (Å²) in [5.41, 5.74) is 6.47. The molecule has 2 rings (SSSR count). The fourth-order valence-corrected chi connectivity index (χ4v) is 2.62. The number of nitrogens with one attached hydrogen (secondary N) is 1. The second-order valence-electron chi connectivity index (χ2n) is 4.41. The number of nitrogens with zero attached hydrogens (tertiary/aromatic N) is 1. The molecule has 0 unspecified atom stereocenters. The summed E-state index contributed by atoms with van der Waals surface area (Å²) in [7, 11) is 1.72. The molecule has 0 aliphatic rings. The lowest BCUT2D eigenvalue weighted by atomic mass is 10.2. The first-order valence-corrected chi connectivity index (χ1v) is 7.18. The van der Waals surface area contributed by atoms with Crippen LogP contribution in [0.2, 0.25) is 0 Å². The quantitative estimate of drug-likeness (QED) is 0.831. The Bertz CT molecular complexity index is 732. The number of hydrogen-bond acceptors (Lipinski definition) is 4. The Balaban J connectivity index is 2.05. The van der Waals surface area contributed by atoms with E-state index in [0.29, 0.717) is 18.7 Å². The van der Waals surface area contributed by atoms with Gasteiger partial charge in [-0.3, -0.25) is 9.59 Å². The van der Waals surface area contributed by atoms with Crippen LogP contribution in [-0.2, 0) is 6.54 Å². The normalized spacial score (nSPS) is 9.81. The molecule has 3 N–H and O–H groups in total. The molecule has 0 radical (unpaired) electrons. The van der Waals surface area contributed by atoms with Gasteiger partial charge in [-0.05, 0) is 12.1 Å². The first kappa shape index (κ1) is 15.0. The minimum atomic E-state index is -0.226. The Labute approximate surface area is 126 Å². The molecule has 0 saturated carbocycles. The summed E-state index contributed by atoms with van der Waals surface area (Å²) in [4.78, 5) is 28.3. The van der Waals surface area contributed by atoms with E-state index in [1.807, 2.05) is 11.4 Å². The van der Waals surface area contributed by atoms with Gasteiger partial charge in [0.05, 0.1) is 18.7 Å². The molecule has 0 fully saturated rings. The fourth-order valence-electron chi connectivity index (χ4n) is 1.75. The maximum Gasteiger partial charge on any atom is 0.255 e. The van der Waals surface area contributed by atoms with Gasteiger partial charge in [-0.15, -0.1) is 11.3 Å². The number of carbonyl (C=O) groups is 1. The zero-order valence-electron chi connectivity index (χ0n) is 11.6. The molecule has 2 aromatic rings. The zero-order valence-corrected chi connectivity index (χ0v) is 12.4. The molecule has 0 aliphatic carbocycles. The van der Waals surface area contributed by atoms with E-state index in [1.54, 1.807) is 23.3 Å². The SMILES string of the molecule is CN(Cc1cc(C#CCN)cs1)C(=O)c1ccc(=O)[nH]c1. The van der Waals surface area contributed by atoms with E-state index >= 15 is 0 Å². The van der Waals surface area contributed by atoms with Crippen molar-refractivity contribution in [1.82, 2.24) is 9.88 Å². The van der Waals surface area contributed by atoms with Crippen LogP contribution < -0.4 is 11.3 Å². The second-order valence-corrected chi connectivity index (χ2v) is 5.41. The van der Waals surface area contributed by atoms with Crippen molar-refractivity contribution in [1.29, 1.82) is 0 Å².